The van der Waals surface area contributed by atoms with Crippen LogP contribution < -0.4 is 5.73 Å². The highest BCUT2D eigenvalue weighted by molar-refractivity contribution is 7.93. The summed E-state index contributed by atoms with van der Waals surface area (Å²) in [7, 11) is -3.21. The number of rotatable bonds is 7. The summed E-state index contributed by atoms with van der Waals surface area (Å²) >= 11 is 0. The fourth-order valence-electron chi connectivity index (χ4n) is 5.05. The Morgan fingerprint density at radius 2 is 1.98 bits per heavy atom. The van der Waals surface area contributed by atoms with Gasteiger partial charge in [0.1, 0.15) is 17.1 Å². The van der Waals surface area contributed by atoms with E-state index in [-0.39, 0.29) is 31.4 Å². The average Bonchev–Trinajstić information content (AvgIpc) is 3.34. The Morgan fingerprint density at radius 3 is 2.58 bits per heavy atom. The van der Waals surface area contributed by atoms with E-state index in [9.17, 15) is 39.6 Å². The standard InChI is InChI=1S/C24H24F6N6O3S/c1-36(40(38,39)18(9-31)12-32-13-23(25,26)27)17-4-2-15-6-20-14(10-34-35-20)7-22(15,8-17)21(37)19-5-3-16(11-33-19)24(28,29)30/h3,5-6,9-12,17H,2,4,7-8,13,31H2,1H3,(H,34,35)/t17-,22-/m0/s1. The fourth-order valence-corrected chi connectivity index (χ4v) is 6.33. The van der Waals surface area contributed by atoms with E-state index in [0.717, 1.165) is 16.4 Å². The molecule has 0 radical (unpaired) electrons. The van der Waals surface area contributed by atoms with Crippen molar-refractivity contribution in [3.63, 3.8) is 0 Å². The molecule has 1 saturated carbocycles. The SMILES string of the molecule is CN([C@H]1CCC2=Cc3[nH]ncc3C[C@]2(C(=O)c2ccc(C(F)(F)F)cn2)C1)S(=O)(=O)C(C=NCC(F)(F)F)=CN. The summed E-state index contributed by atoms with van der Waals surface area (Å²) in [5.41, 5.74) is 4.76. The monoisotopic (exact) mass is 590 g/mol. The topological polar surface area (TPSA) is 134 Å². The zero-order valence-corrected chi connectivity index (χ0v) is 21.7. The number of aliphatic imine (C=N–C) groups is 1. The molecule has 0 aromatic carbocycles. The quantitative estimate of drug-likeness (QED) is 0.286. The number of aromatic amines is 1. The molecule has 9 nitrogen and oxygen atoms in total. The van der Waals surface area contributed by atoms with Gasteiger partial charge in [-0.2, -0.15) is 35.7 Å². The summed E-state index contributed by atoms with van der Waals surface area (Å²) in [6.45, 7) is -1.61. The first-order valence-corrected chi connectivity index (χ1v) is 13.3. The van der Waals surface area contributed by atoms with Crippen LogP contribution in [0.25, 0.3) is 6.08 Å². The Balaban J connectivity index is 1.68. The van der Waals surface area contributed by atoms with Crippen molar-refractivity contribution in [2.45, 2.75) is 44.1 Å². The molecule has 2 aliphatic carbocycles. The van der Waals surface area contributed by atoms with Crippen molar-refractivity contribution in [3.05, 3.63) is 63.7 Å². The van der Waals surface area contributed by atoms with Gasteiger partial charge in [0.25, 0.3) is 0 Å². The molecule has 216 valence electrons. The lowest BCUT2D eigenvalue weighted by molar-refractivity contribution is -0.137. The van der Waals surface area contributed by atoms with E-state index in [4.69, 9.17) is 5.73 Å². The predicted molar refractivity (Wildman–Crippen MR) is 132 cm³/mol. The first-order chi connectivity index (χ1) is 18.6. The number of carbonyl (C=O) groups is 1. The van der Waals surface area contributed by atoms with Crippen molar-refractivity contribution in [2.24, 2.45) is 16.1 Å². The Kier molecular flexibility index (Phi) is 7.70. The van der Waals surface area contributed by atoms with Crippen molar-refractivity contribution >= 4 is 28.1 Å². The number of ketones is 1. The number of hydrogen-bond donors (Lipinski definition) is 2. The van der Waals surface area contributed by atoms with E-state index >= 15 is 0 Å². The molecule has 4 rings (SSSR count). The lowest BCUT2D eigenvalue weighted by Crippen LogP contribution is -2.49. The first-order valence-electron chi connectivity index (χ1n) is 11.9. The molecular weight excluding hydrogens is 566 g/mol. The Hall–Kier alpha value is -3.53. The van der Waals surface area contributed by atoms with Gasteiger partial charge in [-0.25, -0.2) is 8.42 Å². The van der Waals surface area contributed by atoms with Crippen LogP contribution in [0.4, 0.5) is 26.3 Å². The third-order valence-corrected chi connectivity index (χ3v) is 9.00. The molecule has 2 aromatic rings. The molecule has 2 aliphatic rings. The molecule has 16 heteroatoms. The number of sulfonamides is 1. The predicted octanol–water partition coefficient (Wildman–Crippen LogP) is 3.88. The summed E-state index contributed by atoms with van der Waals surface area (Å²) in [6, 6.07) is 0.917. The minimum Gasteiger partial charge on any atom is -0.403 e. The minimum absolute atomic E-state index is 0.0712. The van der Waals surface area contributed by atoms with Crippen LogP contribution in [0.2, 0.25) is 0 Å². The summed E-state index contributed by atoms with van der Waals surface area (Å²) in [5, 5.41) is 6.81. The van der Waals surface area contributed by atoms with Crippen molar-refractivity contribution in [3.8, 4) is 0 Å². The number of fused-ring (bicyclic) bond motifs is 2. The normalized spacial score (nSPS) is 22.2. The molecule has 2 aromatic heterocycles. The van der Waals surface area contributed by atoms with Gasteiger partial charge in [0.05, 0.1) is 22.9 Å². The highest BCUT2D eigenvalue weighted by atomic mass is 32.2. The van der Waals surface area contributed by atoms with Gasteiger partial charge in [-0.05, 0) is 49.5 Å². The van der Waals surface area contributed by atoms with Crippen LogP contribution in [0.3, 0.4) is 0 Å². The number of aromatic nitrogens is 3. The molecular formula is C24H24F6N6O3S. The van der Waals surface area contributed by atoms with Crippen molar-refractivity contribution < 1.29 is 39.6 Å². The van der Waals surface area contributed by atoms with Crippen LogP contribution in [0.1, 0.15) is 46.6 Å². The highest BCUT2D eigenvalue weighted by Crippen LogP contribution is 2.50. The number of nitrogens with one attached hydrogen (secondary N) is 1. The average molecular weight is 591 g/mol. The number of carbonyl (C=O) groups excluding carboxylic acids is 1. The third-order valence-electron chi connectivity index (χ3n) is 7.11. The number of nitrogens with zero attached hydrogens (tertiary/aromatic N) is 4. The highest BCUT2D eigenvalue weighted by Gasteiger charge is 2.51. The second-order valence-corrected chi connectivity index (χ2v) is 11.6. The Morgan fingerprint density at radius 1 is 1.25 bits per heavy atom. The number of pyridine rings is 1. The molecule has 0 saturated heterocycles. The van der Waals surface area contributed by atoms with Crippen molar-refractivity contribution in [1.82, 2.24) is 19.5 Å². The van der Waals surface area contributed by atoms with Crippen LogP contribution in [-0.4, -0.2) is 65.7 Å². The number of Topliss-reactive ketones (excluding diaryl/α,β-unsaturated/α-hetero) is 1. The largest absolute Gasteiger partial charge is 0.417 e. The van der Waals surface area contributed by atoms with Gasteiger partial charge in [-0.15, -0.1) is 0 Å². The van der Waals surface area contributed by atoms with E-state index in [1.165, 1.54) is 13.2 Å². The maximum Gasteiger partial charge on any atom is 0.417 e. The van der Waals surface area contributed by atoms with E-state index in [1.54, 1.807) is 6.08 Å². The van der Waals surface area contributed by atoms with Gasteiger partial charge in [0.15, 0.2) is 5.78 Å². The van der Waals surface area contributed by atoms with Crippen LogP contribution in [0.5, 0.6) is 0 Å². The molecule has 3 N–H and O–H groups in total. The molecule has 2 atom stereocenters. The number of nitrogens with two attached hydrogens (primary N) is 1. The molecule has 0 bridgehead atoms. The molecule has 40 heavy (non-hydrogen) atoms. The molecule has 0 amide bonds. The number of allylic oxidation sites excluding steroid dienone is 2. The van der Waals surface area contributed by atoms with E-state index < -0.39 is 56.6 Å². The number of H-pyrrole nitrogens is 1. The minimum atomic E-state index is -4.65. The summed E-state index contributed by atoms with van der Waals surface area (Å²) in [5.74, 6) is -0.587. The Bertz CT molecular complexity index is 1480. The molecule has 2 heterocycles. The van der Waals surface area contributed by atoms with Crippen LogP contribution in [0.15, 0.2) is 46.2 Å². The smallest absolute Gasteiger partial charge is 0.403 e. The fraction of sp³-hybridized carbons (Fsp3) is 0.417. The third kappa shape index (κ3) is 5.68. The van der Waals surface area contributed by atoms with E-state index in [0.29, 0.717) is 35.4 Å². The van der Waals surface area contributed by atoms with Crippen LogP contribution >= 0.6 is 0 Å². The number of halogens is 6. The first kappa shape index (κ1) is 29.5. The van der Waals surface area contributed by atoms with Crippen molar-refractivity contribution in [2.75, 3.05) is 13.6 Å². The van der Waals surface area contributed by atoms with E-state index in [1.807, 2.05) is 0 Å². The van der Waals surface area contributed by atoms with Crippen LogP contribution in [0, 0.1) is 5.41 Å². The second kappa shape index (κ2) is 10.5. The number of hydrogen-bond acceptors (Lipinski definition) is 7. The van der Waals surface area contributed by atoms with Crippen molar-refractivity contribution in [1.29, 1.82) is 0 Å². The van der Waals surface area contributed by atoms with Gasteiger partial charge in [0, 0.05) is 31.7 Å². The lowest BCUT2D eigenvalue weighted by atomic mass is 9.60. The molecule has 0 aliphatic heterocycles. The van der Waals surface area contributed by atoms with E-state index in [2.05, 4.69) is 20.2 Å². The van der Waals surface area contributed by atoms with Gasteiger partial charge >= 0.3 is 12.4 Å². The van der Waals surface area contributed by atoms with Crippen LogP contribution in [-0.2, 0) is 22.6 Å². The molecule has 0 spiro atoms. The maximum absolute atomic E-state index is 13.9. The summed E-state index contributed by atoms with van der Waals surface area (Å²) in [6.07, 6.45) is -3.83. The summed E-state index contributed by atoms with van der Waals surface area (Å²) in [4.78, 5) is 20.2. The molecule has 1 fully saturated rings. The zero-order valence-electron chi connectivity index (χ0n) is 20.9. The molecule has 0 unspecified atom stereocenters. The van der Waals surface area contributed by atoms with Gasteiger partial charge < -0.3 is 5.73 Å². The van der Waals surface area contributed by atoms with Gasteiger partial charge in [-0.1, -0.05) is 5.57 Å². The number of alkyl halides is 6. The Labute approximate surface area is 224 Å². The van der Waals surface area contributed by atoms with Gasteiger partial charge in [-0.3, -0.25) is 19.9 Å². The maximum atomic E-state index is 13.9. The lowest BCUT2D eigenvalue weighted by Gasteiger charge is -2.45. The van der Waals surface area contributed by atoms with Gasteiger partial charge in [0.2, 0.25) is 10.0 Å². The second-order valence-electron chi connectivity index (χ2n) is 9.57. The zero-order chi connectivity index (χ0) is 29.5. The summed E-state index contributed by atoms with van der Waals surface area (Å²) < 4.78 is 104.